The smallest absolute Gasteiger partial charge is 0.191 e. The fourth-order valence-corrected chi connectivity index (χ4v) is 3.51. The molecule has 1 saturated heterocycles. The lowest BCUT2D eigenvalue weighted by Gasteiger charge is -2.31. The summed E-state index contributed by atoms with van der Waals surface area (Å²) in [5, 5.41) is 3.24. The molecule has 1 fully saturated rings. The molecule has 1 aromatic carbocycles. The van der Waals surface area contributed by atoms with Crippen molar-refractivity contribution >= 4 is 41.3 Å². The van der Waals surface area contributed by atoms with E-state index in [1.807, 2.05) is 6.07 Å². The van der Waals surface area contributed by atoms with Crippen LogP contribution in [0.25, 0.3) is 0 Å². The molecule has 0 aliphatic carbocycles. The number of hydrogen-bond acceptors (Lipinski definition) is 4. The van der Waals surface area contributed by atoms with Gasteiger partial charge < -0.3 is 15.4 Å². The van der Waals surface area contributed by atoms with Gasteiger partial charge in [-0.05, 0) is 18.9 Å². The molecule has 1 aromatic heterocycles. The first-order chi connectivity index (χ1) is 11.7. The van der Waals surface area contributed by atoms with Crippen LogP contribution in [0.3, 0.4) is 0 Å². The Balaban J connectivity index is 0.00000225. The number of aliphatic imine (C=N–C) groups is 1. The third-order valence-corrected chi connectivity index (χ3v) is 5.00. The summed E-state index contributed by atoms with van der Waals surface area (Å²) in [6.07, 6.45) is 2.19. The number of rotatable bonds is 5. The lowest BCUT2D eigenvalue weighted by Crippen LogP contribution is -2.47. The van der Waals surface area contributed by atoms with Gasteiger partial charge in [0.15, 0.2) is 5.96 Å². The molecule has 25 heavy (non-hydrogen) atoms. The van der Waals surface area contributed by atoms with Crippen molar-refractivity contribution in [1.82, 2.24) is 9.88 Å². The minimum absolute atomic E-state index is 0. The van der Waals surface area contributed by atoms with Gasteiger partial charge in [-0.2, -0.15) is 0 Å². The minimum Gasteiger partial charge on any atom is -0.375 e. The Labute approximate surface area is 170 Å². The van der Waals surface area contributed by atoms with Gasteiger partial charge in [0.25, 0.3) is 0 Å². The van der Waals surface area contributed by atoms with E-state index in [-0.39, 0.29) is 30.1 Å². The average Bonchev–Trinajstić information content (AvgIpc) is 3.07. The van der Waals surface area contributed by atoms with Crippen molar-refractivity contribution < 1.29 is 4.74 Å². The van der Waals surface area contributed by atoms with Crippen LogP contribution < -0.4 is 5.73 Å². The summed E-state index contributed by atoms with van der Waals surface area (Å²) in [5.74, 6) is 0.587. The maximum absolute atomic E-state index is 6.10. The number of hydrogen-bond donors (Lipinski definition) is 1. The molecular formula is C18H25IN4OS. The maximum Gasteiger partial charge on any atom is 0.191 e. The molecule has 0 radical (unpaired) electrons. The first kappa shape index (κ1) is 20.1. The molecule has 0 saturated carbocycles. The molecule has 0 bridgehead atoms. The summed E-state index contributed by atoms with van der Waals surface area (Å²) in [4.78, 5) is 11.2. The van der Waals surface area contributed by atoms with Crippen LogP contribution in [0.1, 0.15) is 23.2 Å². The number of aromatic nitrogens is 1. The molecule has 0 spiro atoms. The van der Waals surface area contributed by atoms with E-state index < -0.39 is 0 Å². The van der Waals surface area contributed by atoms with E-state index in [9.17, 15) is 0 Å². The van der Waals surface area contributed by atoms with Crippen molar-refractivity contribution in [1.29, 1.82) is 0 Å². The number of nitrogens with zero attached hydrogens (tertiary/aromatic N) is 3. The standard InChI is InChI=1S/C18H24N4OS.HI/c1-14-12-22(9-10-23-14)18(19)20-11-16-13-24-17(21-16)8-7-15-5-3-2-4-6-15;/h2-6,13-14H,7-12H2,1H3,(H2,19,20);1H. The first-order valence-electron chi connectivity index (χ1n) is 8.34. The van der Waals surface area contributed by atoms with Crippen LogP contribution in [-0.4, -0.2) is 41.6 Å². The number of aryl methyl sites for hydroxylation is 2. The van der Waals surface area contributed by atoms with Gasteiger partial charge in [-0.3, -0.25) is 0 Å². The predicted octanol–water partition coefficient (Wildman–Crippen LogP) is 3.08. The second-order valence-corrected chi connectivity index (χ2v) is 6.96. The largest absolute Gasteiger partial charge is 0.375 e. The van der Waals surface area contributed by atoms with Gasteiger partial charge in [-0.1, -0.05) is 30.3 Å². The summed E-state index contributed by atoms with van der Waals surface area (Å²) in [6.45, 7) is 4.91. The van der Waals surface area contributed by atoms with Crippen molar-refractivity contribution in [3.05, 3.63) is 52.0 Å². The quantitative estimate of drug-likeness (QED) is 0.413. The molecule has 2 heterocycles. The van der Waals surface area contributed by atoms with Gasteiger partial charge in [-0.25, -0.2) is 9.98 Å². The molecule has 1 unspecified atom stereocenters. The fourth-order valence-electron chi connectivity index (χ4n) is 2.72. The Bertz CT molecular complexity index is 677. The Morgan fingerprint density at radius 2 is 2.16 bits per heavy atom. The van der Waals surface area contributed by atoms with Crippen molar-refractivity contribution in [3.63, 3.8) is 0 Å². The van der Waals surface area contributed by atoms with E-state index in [4.69, 9.17) is 10.5 Å². The zero-order valence-corrected chi connectivity index (χ0v) is 17.6. The molecule has 2 N–H and O–H groups in total. The van der Waals surface area contributed by atoms with Crippen molar-refractivity contribution in [2.75, 3.05) is 19.7 Å². The third-order valence-electron chi connectivity index (χ3n) is 4.04. The molecule has 2 aromatic rings. The van der Waals surface area contributed by atoms with Gasteiger partial charge in [0.05, 0.1) is 30.0 Å². The summed E-state index contributed by atoms with van der Waals surface area (Å²) < 4.78 is 5.52. The fraction of sp³-hybridized carbons (Fsp3) is 0.444. The maximum atomic E-state index is 6.10. The summed E-state index contributed by atoms with van der Waals surface area (Å²) in [5.41, 5.74) is 8.43. The number of halogens is 1. The van der Waals surface area contributed by atoms with Crippen LogP contribution in [-0.2, 0) is 24.1 Å². The molecule has 3 rings (SSSR count). The van der Waals surface area contributed by atoms with Crippen LogP contribution >= 0.6 is 35.3 Å². The highest BCUT2D eigenvalue weighted by molar-refractivity contribution is 14.0. The Morgan fingerprint density at radius 1 is 1.36 bits per heavy atom. The highest BCUT2D eigenvalue weighted by atomic mass is 127. The van der Waals surface area contributed by atoms with E-state index in [2.05, 4.69) is 51.4 Å². The highest BCUT2D eigenvalue weighted by Crippen LogP contribution is 2.14. The molecule has 5 nitrogen and oxygen atoms in total. The Kier molecular flexibility index (Phi) is 8.11. The van der Waals surface area contributed by atoms with E-state index in [0.717, 1.165) is 36.6 Å². The highest BCUT2D eigenvalue weighted by Gasteiger charge is 2.17. The second kappa shape index (κ2) is 10.1. The van der Waals surface area contributed by atoms with Crippen LogP contribution in [0.2, 0.25) is 0 Å². The summed E-state index contributed by atoms with van der Waals surface area (Å²) in [6, 6.07) is 10.5. The van der Waals surface area contributed by atoms with Crippen molar-refractivity contribution in [3.8, 4) is 0 Å². The molecule has 0 amide bonds. The minimum atomic E-state index is 0. The molecule has 136 valence electrons. The lowest BCUT2D eigenvalue weighted by molar-refractivity contribution is 0.00528. The molecule has 1 aliphatic heterocycles. The molecule has 7 heteroatoms. The average molecular weight is 472 g/mol. The van der Waals surface area contributed by atoms with E-state index in [1.54, 1.807) is 11.3 Å². The third kappa shape index (κ3) is 6.23. The lowest BCUT2D eigenvalue weighted by atomic mass is 10.1. The van der Waals surface area contributed by atoms with E-state index in [0.29, 0.717) is 19.1 Å². The second-order valence-electron chi connectivity index (χ2n) is 6.02. The molecular weight excluding hydrogens is 447 g/mol. The molecule has 1 aliphatic rings. The topological polar surface area (TPSA) is 63.7 Å². The number of morpholine rings is 1. The van der Waals surface area contributed by atoms with Crippen LogP contribution in [0.4, 0.5) is 0 Å². The zero-order chi connectivity index (χ0) is 16.8. The zero-order valence-electron chi connectivity index (χ0n) is 14.4. The van der Waals surface area contributed by atoms with Crippen LogP contribution in [0.15, 0.2) is 40.7 Å². The summed E-state index contributed by atoms with van der Waals surface area (Å²) >= 11 is 1.70. The number of ether oxygens (including phenoxy) is 1. The van der Waals surface area contributed by atoms with Crippen molar-refractivity contribution in [2.24, 2.45) is 10.7 Å². The van der Waals surface area contributed by atoms with Gasteiger partial charge in [-0.15, -0.1) is 35.3 Å². The van der Waals surface area contributed by atoms with Gasteiger partial charge in [0.2, 0.25) is 0 Å². The Hall–Kier alpha value is -1.19. The van der Waals surface area contributed by atoms with E-state index in [1.165, 1.54) is 5.56 Å². The number of nitrogens with two attached hydrogens (primary N) is 1. The number of benzene rings is 1. The van der Waals surface area contributed by atoms with E-state index >= 15 is 0 Å². The van der Waals surface area contributed by atoms with Crippen LogP contribution in [0, 0.1) is 0 Å². The summed E-state index contributed by atoms with van der Waals surface area (Å²) in [7, 11) is 0. The van der Waals surface area contributed by atoms with Crippen molar-refractivity contribution in [2.45, 2.75) is 32.4 Å². The Morgan fingerprint density at radius 3 is 2.92 bits per heavy atom. The van der Waals surface area contributed by atoms with Crippen LogP contribution in [0.5, 0.6) is 0 Å². The number of thiazole rings is 1. The molecule has 1 atom stereocenters. The number of guanidine groups is 1. The van der Waals surface area contributed by atoms with Gasteiger partial charge >= 0.3 is 0 Å². The monoisotopic (exact) mass is 472 g/mol. The SMILES string of the molecule is CC1CN(C(N)=NCc2csc(CCc3ccccc3)n2)CCO1.I. The van der Waals surface area contributed by atoms with Gasteiger partial charge in [0, 0.05) is 24.9 Å². The predicted molar refractivity (Wildman–Crippen MR) is 114 cm³/mol. The van der Waals surface area contributed by atoms with Gasteiger partial charge in [0.1, 0.15) is 0 Å². The normalized spacial score (nSPS) is 18.0. The first-order valence-corrected chi connectivity index (χ1v) is 9.22.